The van der Waals surface area contributed by atoms with E-state index < -0.39 is 0 Å². The van der Waals surface area contributed by atoms with Crippen LogP contribution in [0.3, 0.4) is 0 Å². The Hall–Kier alpha value is -1.39. The fraction of sp³-hybridized carbons (Fsp3) is 0.357. The van der Waals surface area contributed by atoms with Gasteiger partial charge in [-0.25, -0.2) is 9.37 Å². The summed E-state index contributed by atoms with van der Waals surface area (Å²) in [6.07, 6.45) is 6.97. The highest BCUT2D eigenvalue weighted by molar-refractivity contribution is 6.32. The minimum atomic E-state index is -0.296. The zero-order valence-electron chi connectivity index (χ0n) is 10.4. The Morgan fingerprint density at radius 1 is 1.37 bits per heavy atom. The average Bonchev–Trinajstić information content (AvgIpc) is 2.91. The fourth-order valence-electron chi connectivity index (χ4n) is 2.54. The molecule has 5 heteroatoms. The summed E-state index contributed by atoms with van der Waals surface area (Å²) in [5, 5.41) is 3.99. The Balaban J connectivity index is 2.01. The van der Waals surface area contributed by atoms with Crippen LogP contribution in [0.15, 0.2) is 30.7 Å². The van der Waals surface area contributed by atoms with Crippen molar-refractivity contribution in [2.45, 2.75) is 25.3 Å². The van der Waals surface area contributed by atoms with Crippen LogP contribution in [0.4, 0.5) is 4.39 Å². The third-order valence-electron chi connectivity index (χ3n) is 3.50. The molecule has 0 amide bonds. The topological polar surface area (TPSA) is 29.9 Å². The lowest BCUT2D eigenvalue weighted by atomic mass is 10.0. The summed E-state index contributed by atoms with van der Waals surface area (Å²) in [5.41, 5.74) is 1.67. The molecule has 1 aliphatic rings. The van der Waals surface area contributed by atoms with E-state index in [1.807, 2.05) is 10.8 Å². The lowest BCUT2D eigenvalue weighted by molar-refractivity contribution is 0.402. The van der Waals surface area contributed by atoms with Crippen molar-refractivity contribution in [3.63, 3.8) is 0 Å². The van der Waals surface area contributed by atoms with E-state index in [-0.39, 0.29) is 11.9 Å². The standard InChI is InChI=1S/C14H15ClFN3/c15-11-5-4-10(16)7-13(11)19-9-17-8-14(19)12-3-1-2-6-18-12/h4-5,7-9,12,18H,1-3,6H2. The summed E-state index contributed by atoms with van der Waals surface area (Å²) in [6.45, 7) is 1.01. The molecule has 0 aliphatic carbocycles. The van der Waals surface area contributed by atoms with Crippen molar-refractivity contribution in [1.82, 2.24) is 14.9 Å². The maximum absolute atomic E-state index is 13.4. The summed E-state index contributed by atoms with van der Waals surface area (Å²) in [4.78, 5) is 4.19. The van der Waals surface area contributed by atoms with Gasteiger partial charge in [-0.05, 0) is 37.6 Å². The van der Waals surface area contributed by atoms with Crippen molar-refractivity contribution in [2.75, 3.05) is 6.54 Å². The molecule has 1 N–H and O–H groups in total. The van der Waals surface area contributed by atoms with Crippen LogP contribution in [0.1, 0.15) is 31.0 Å². The van der Waals surface area contributed by atoms with Crippen LogP contribution in [-0.2, 0) is 0 Å². The smallest absolute Gasteiger partial charge is 0.125 e. The molecule has 1 fully saturated rings. The quantitative estimate of drug-likeness (QED) is 0.912. The third kappa shape index (κ3) is 2.51. The molecule has 1 atom stereocenters. The molecule has 0 radical (unpaired) electrons. The molecule has 100 valence electrons. The first-order valence-corrected chi connectivity index (χ1v) is 6.84. The number of nitrogens with one attached hydrogen (secondary N) is 1. The van der Waals surface area contributed by atoms with Gasteiger partial charge in [0.2, 0.25) is 0 Å². The number of piperidine rings is 1. The SMILES string of the molecule is Fc1ccc(Cl)c(-n2cncc2C2CCCCN2)c1. The van der Waals surface area contributed by atoms with Crippen molar-refractivity contribution < 1.29 is 4.39 Å². The number of imidazole rings is 1. The Labute approximate surface area is 116 Å². The number of aromatic nitrogens is 2. The highest BCUT2D eigenvalue weighted by atomic mass is 35.5. The molecule has 3 rings (SSSR count). The van der Waals surface area contributed by atoms with E-state index in [9.17, 15) is 4.39 Å². The summed E-state index contributed by atoms with van der Waals surface area (Å²) in [5.74, 6) is -0.296. The van der Waals surface area contributed by atoms with Gasteiger partial charge in [-0.1, -0.05) is 18.0 Å². The van der Waals surface area contributed by atoms with Crippen molar-refractivity contribution in [1.29, 1.82) is 0 Å². The van der Waals surface area contributed by atoms with Gasteiger partial charge in [0.15, 0.2) is 0 Å². The second-order valence-electron chi connectivity index (χ2n) is 4.79. The minimum Gasteiger partial charge on any atom is -0.309 e. The molecule has 19 heavy (non-hydrogen) atoms. The molecule has 1 aliphatic heterocycles. The normalized spacial score (nSPS) is 19.6. The molecule has 1 unspecified atom stereocenters. The zero-order valence-corrected chi connectivity index (χ0v) is 11.2. The van der Waals surface area contributed by atoms with E-state index in [1.54, 1.807) is 12.4 Å². The van der Waals surface area contributed by atoms with Gasteiger partial charge in [0.05, 0.1) is 28.9 Å². The van der Waals surface area contributed by atoms with E-state index in [4.69, 9.17) is 11.6 Å². The maximum atomic E-state index is 13.4. The lowest BCUT2D eigenvalue weighted by Gasteiger charge is -2.24. The van der Waals surface area contributed by atoms with Gasteiger partial charge < -0.3 is 9.88 Å². The largest absolute Gasteiger partial charge is 0.309 e. The molecular weight excluding hydrogens is 265 g/mol. The zero-order chi connectivity index (χ0) is 13.2. The minimum absolute atomic E-state index is 0.260. The number of nitrogens with zero attached hydrogens (tertiary/aromatic N) is 2. The van der Waals surface area contributed by atoms with Crippen LogP contribution in [-0.4, -0.2) is 16.1 Å². The van der Waals surface area contributed by atoms with Crippen LogP contribution in [0.5, 0.6) is 0 Å². The Kier molecular flexibility index (Phi) is 3.53. The van der Waals surface area contributed by atoms with Gasteiger partial charge >= 0.3 is 0 Å². The molecule has 2 aromatic rings. The maximum Gasteiger partial charge on any atom is 0.125 e. The predicted molar refractivity (Wildman–Crippen MR) is 73.1 cm³/mol. The number of hydrogen-bond acceptors (Lipinski definition) is 2. The monoisotopic (exact) mass is 279 g/mol. The van der Waals surface area contributed by atoms with Crippen molar-refractivity contribution in [3.8, 4) is 5.69 Å². The highest BCUT2D eigenvalue weighted by Crippen LogP contribution is 2.28. The first kappa shape index (κ1) is 12.6. The van der Waals surface area contributed by atoms with Gasteiger partial charge in [0.1, 0.15) is 5.82 Å². The van der Waals surface area contributed by atoms with Crippen molar-refractivity contribution >= 4 is 11.6 Å². The van der Waals surface area contributed by atoms with E-state index in [0.717, 1.165) is 18.7 Å². The molecule has 0 saturated carbocycles. The molecule has 1 aromatic carbocycles. The van der Waals surface area contributed by atoms with Gasteiger partial charge in [-0.3, -0.25) is 0 Å². The van der Waals surface area contributed by atoms with E-state index in [0.29, 0.717) is 10.7 Å². The van der Waals surface area contributed by atoms with Crippen molar-refractivity contribution in [3.05, 3.63) is 47.3 Å². The van der Waals surface area contributed by atoms with E-state index in [2.05, 4.69) is 10.3 Å². The predicted octanol–water partition coefficient (Wildman–Crippen LogP) is 3.48. The Bertz CT molecular complexity index is 576. The first-order valence-electron chi connectivity index (χ1n) is 6.47. The van der Waals surface area contributed by atoms with Gasteiger partial charge in [0, 0.05) is 6.04 Å². The van der Waals surface area contributed by atoms with Crippen LogP contribution in [0.25, 0.3) is 5.69 Å². The second kappa shape index (κ2) is 5.31. The average molecular weight is 280 g/mol. The summed E-state index contributed by atoms with van der Waals surface area (Å²) in [7, 11) is 0. The fourth-order valence-corrected chi connectivity index (χ4v) is 2.75. The molecule has 2 heterocycles. The van der Waals surface area contributed by atoms with Gasteiger partial charge in [0.25, 0.3) is 0 Å². The summed E-state index contributed by atoms with van der Waals surface area (Å²) >= 11 is 6.16. The van der Waals surface area contributed by atoms with Crippen molar-refractivity contribution in [2.24, 2.45) is 0 Å². The number of rotatable bonds is 2. The van der Waals surface area contributed by atoms with Gasteiger partial charge in [-0.15, -0.1) is 0 Å². The van der Waals surface area contributed by atoms with Gasteiger partial charge in [-0.2, -0.15) is 0 Å². The number of halogens is 2. The summed E-state index contributed by atoms with van der Waals surface area (Å²) in [6, 6.07) is 4.64. The lowest BCUT2D eigenvalue weighted by Crippen LogP contribution is -2.28. The highest BCUT2D eigenvalue weighted by Gasteiger charge is 2.20. The molecule has 0 bridgehead atoms. The number of hydrogen-bond donors (Lipinski definition) is 1. The van der Waals surface area contributed by atoms with Crippen LogP contribution in [0, 0.1) is 5.82 Å². The summed E-state index contributed by atoms with van der Waals surface area (Å²) < 4.78 is 15.3. The second-order valence-corrected chi connectivity index (χ2v) is 5.19. The first-order chi connectivity index (χ1) is 9.25. The molecule has 1 saturated heterocycles. The molecule has 1 aromatic heterocycles. The Morgan fingerprint density at radius 3 is 3.05 bits per heavy atom. The van der Waals surface area contributed by atoms with Crippen LogP contribution in [0.2, 0.25) is 5.02 Å². The molecule has 3 nitrogen and oxygen atoms in total. The molecule has 0 spiro atoms. The van der Waals surface area contributed by atoms with E-state index in [1.165, 1.54) is 25.0 Å². The third-order valence-corrected chi connectivity index (χ3v) is 3.82. The van der Waals surface area contributed by atoms with Crippen LogP contribution < -0.4 is 5.32 Å². The Morgan fingerprint density at radius 2 is 2.26 bits per heavy atom. The van der Waals surface area contributed by atoms with E-state index >= 15 is 0 Å². The molecular formula is C14H15ClFN3. The number of benzene rings is 1. The van der Waals surface area contributed by atoms with Crippen LogP contribution >= 0.6 is 11.6 Å².